The summed E-state index contributed by atoms with van der Waals surface area (Å²) < 4.78 is 40.5. The SMILES string of the molecule is Cc1cccc(F)c1NS(=O)(=O)c1ccc(Cl)c(CO)c1. The summed E-state index contributed by atoms with van der Waals surface area (Å²) in [7, 11) is -3.97. The van der Waals surface area contributed by atoms with Crippen LogP contribution in [0.1, 0.15) is 11.1 Å². The Morgan fingerprint density at radius 2 is 2.00 bits per heavy atom. The van der Waals surface area contributed by atoms with Crippen LogP contribution in [0.4, 0.5) is 10.1 Å². The summed E-state index contributed by atoms with van der Waals surface area (Å²) >= 11 is 5.82. The minimum absolute atomic E-state index is 0.0985. The maximum absolute atomic E-state index is 13.7. The van der Waals surface area contributed by atoms with E-state index in [1.54, 1.807) is 13.0 Å². The zero-order valence-electron chi connectivity index (χ0n) is 11.1. The Balaban J connectivity index is 2.44. The van der Waals surface area contributed by atoms with Crippen molar-refractivity contribution in [3.05, 3.63) is 58.4 Å². The van der Waals surface area contributed by atoms with E-state index in [4.69, 9.17) is 16.7 Å². The quantitative estimate of drug-likeness (QED) is 0.906. The molecule has 0 radical (unpaired) electrons. The number of hydrogen-bond donors (Lipinski definition) is 2. The van der Waals surface area contributed by atoms with Gasteiger partial charge in [0.1, 0.15) is 5.82 Å². The summed E-state index contributed by atoms with van der Waals surface area (Å²) in [5.41, 5.74) is 0.651. The average Bonchev–Trinajstić information content (AvgIpc) is 2.43. The number of benzene rings is 2. The second-order valence-electron chi connectivity index (χ2n) is 4.45. The minimum Gasteiger partial charge on any atom is -0.392 e. The summed E-state index contributed by atoms with van der Waals surface area (Å²) in [6.07, 6.45) is 0. The van der Waals surface area contributed by atoms with E-state index in [1.165, 1.54) is 30.3 Å². The molecule has 0 spiro atoms. The van der Waals surface area contributed by atoms with E-state index in [2.05, 4.69) is 4.72 Å². The topological polar surface area (TPSA) is 66.4 Å². The monoisotopic (exact) mass is 329 g/mol. The third kappa shape index (κ3) is 3.34. The molecular formula is C14H13ClFNO3S. The molecule has 0 unspecified atom stereocenters. The number of hydrogen-bond acceptors (Lipinski definition) is 3. The molecule has 0 fully saturated rings. The lowest BCUT2D eigenvalue weighted by molar-refractivity contribution is 0.281. The van der Waals surface area contributed by atoms with Crippen LogP contribution in [-0.2, 0) is 16.6 Å². The highest BCUT2D eigenvalue weighted by Crippen LogP contribution is 2.25. The molecule has 0 atom stereocenters. The Morgan fingerprint density at radius 3 is 2.62 bits per heavy atom. The third-order valence-corrected chi connectivity index (χ3v) is 4.67. The summed E-state index contributed by atoms with van der Waals surface area (Å²) in [5, 5.41) is 9.39. The molecule has 0 saturated carbocycles. The number of nitrogens with one attached hydrogen (secondary N) is 1. The molecule has 2 aromatic rings. The van der Waals surface area contributed by atoms with Gasteiger partial charge in [0.05, 0.1) is 17.2 Å². The lowest BCUT2D eigenvalue weighted by Crippen LogP contribution is -2.15. The first-order chi connectivity index (χ1) is 9.85. The van der Waals surface area contributed by atoms with Crippen molar-refractivity contribution in [3.8, 4) is 0 Å². The number of aryl methyl sites for hydroxylation is 1. The lowest BCUT2D eigenvalue weighted by atomic mass is 10.2. The van der Waals surface area contributed by atoms with Gasteiger partial charge >= 0.3 is 0 Å². The van der Waals surface area contributed by atoms with E-state index >= 15 is 0 Å². The summed E-state index contributed by atoms with van der Waals surface area (Å²) in [6, 6.07) is 8.18. The maximum Gasteiger partial charge on any atom is 0.262 e. The molecule has 0 aliphatic heterocycles. The zero-order valence-corrected chi connectivity index (χ0v) is 12.7. The van der Waals surface area contributed by atoms with Crippen molar-refractivity contribution in [2.75, 3.05) is 4.72 Å². The van der Waals surface area contributed by atoms with Crippen LogP contribution in [0, 0.1) is 12.7 Å². The number of sulfonamides is 1. The zero-order chi connectivity index (χ0) is 15.6. The van der Waals surface area contributed by atoms with Gasteiger partial charge in [0.2, 0.25) is 0 Å². The second-order valence-corrected chi connectivity index (χ2v) is 6.54. The van der Waals surface area contributed by atoms with Gasteiger partial charge in [-0.15, -0.1) is 0 Å². The summed E-state index contributed by atoms with van der Waals surface area (Å²) in [6.45, 7) is 1.21. The van der Waals surface area contributed by atoms with Crippen LogP contribution in [0.3, 0.4) is 0 Å². The summed E-state index contributed by atoms with van der Waals surface area (Å²) in [4.78, 5) is -0.0985. The molecule has 112 valence electrons. The van der Waals surface area contributed by atoms with Gasteiger partial charge < -0.3 is 5.11 Å². The Hall–Kier alpha value is -1.63. The number of para-hydroxylation sites is 1. The van der Waals surface area contributed by atoms with Crippen molar-refractivity contribution in [1.29, 1.82) is 0 Å². The van der Waals surface area contributed by atoms with Crippen LogP contribution in [0.5, 0.6) is 0 Å². The van der Waals surface area contributed by atoms with Crippen LogP contribution < -0.4 is 4.72 Å². The fourth-order valence-electron chi connectivity index (χ4n) is 1.79. The van der Waals surface area contributed by atoms with Crippen molar-refractivity contribution >= 4 is 27.3 Å². The van der Waals surface area contributed by atoms with Gasteiger partial charge in [-0.3, -0.25) is 4.72 Å². The van der Waals surface area contributed by atoms with Crippen LogP contribution in [-0.4, -0.2) is 13.5 Å². The first-order valence-electron chi connectivity index (χ1n) is 6.02. The standard InChI is InChI=1S/C14H13ClFNO3S/c1-9-3-2-4-13(16)14(9)17-21(19,20)11-5-6-12(15)10(7-11)8-18/h2-7,17-18H,8H2,1H3. The fourth-order valence-corrected chi connectivity index (χ4v) is 3.16. The van der Waals surface area contributed by atoms with Gasteiger partial charge in [-0.2, -0.15) is 0 Å². The molecule has 21 heavy (non-hydrogen) atoms. The number of aliphatic hydroxyl groups excluding tert-OH is 1. The Labute approximate surface area is 127 Å². The molecule has 0 heterocycles. The molecule has 0 saturated heterocycles. The molecule has 2 N–H and O–H groups in total. The fraction of sp³-hybridized carbons (Fsp3) is 0.143. The van der Waals surface area contributed by atoms with E-state index < -0.39 is 15.8 Å². The van der Waals surface area contributed by atoms with Gasteiger partial charge in [0.15, 0.2) is 0 Å². The predicted octanol–water partition coefficient (Wildman–Crippen LogP) is 3.08. The predicted molar refractivity (Wildman–Crippen MR) is 79.3 cm³/mol. The second kappa shape index (κ2) is 6.01. The number of anilines is 1. The van der Waals surface area contributed by atoms with Crippen molar-refractivity contribution in [1.82, 2.24) is 0 Å². The normalized spacial score (nSPS) is 11.4. The van der Waals surface area contributed by atoms with E-state index in [0.29, 0.717) is 5.56 Å². The molecule has 2 aromatic carbocycles. The number of halogens is 2. The van der Waals surface area contributed by atoms with Gasteiger partial charge in [-0.05, 0) is 42.3 Å². The van der Waals surface area contributed by atoms with Crippen molar-refractivity contribution < 1.29 is 17.9 Å². The van der Waals surface area contributed by atoms with Crippen molar-refractivity contribution in [3.63, 3.8) is 0 Å². The third-order valence-electron chi connectivity index (χ3n) is 2.96. The van der Waals surface area contributed by atoms with Gasteiger partial charge in [0, 0.05) is 5.02 Å². The van der Waals surface area contributed by atoms with Gasteiger partial charge in [0.25, 0.3) is 10.0 Å². The highest BCUT2D eigenvalue weighted by Gasteiger charge is 2.18. The van der Waals surface area contributed by atoms with E-state index in [1.807, 2.05) is 0 Å². The molecule has 7 heteroatoms. The molecule has 0 aromatic heterocycles. The van der Waals surface area contributed by atoms with E-state index in [9.17, 15) is 12.8 Å². The molecular weight excluding hydrogens is 317 g/mol. The van der Waals surface area contributed by atoms with Crippen molar-refractivity contribution in [2.45, 2.75) is 18.4 Å². The first kappa shape index (κ1) is 15.8. The van der Waals surface area contributed by atoms with Crippen molar-refractivity contribution in [2.24, 2.45) is 0 Å². The van der Waals surface area contributed by atoms with Gasteiger partial charge in [-0.25, -0.2) is 12.8 Å². The van der Waals surface area contributed by atoms with Crippen LogP contribution in [0.2, 0.25) is 5.02 Å². The molecule has 0 aliphatic rings. The molecule has 0 amide bonds. The molecule has 0 bridgehead atoms. The Bertz CT molecular complexity index is 758. The smallest absolute Gasteiger partial charge is 0.262 e. The number of aliphatic hydroxyl groups is 1. The lowest BCUT2D eigenvalue weighted by Gasteiger charge is -2.12. The Morgan fingerprint density at radius 1 is 1.29 bits per heavy atom. The number of rotatable bonds is 4. The van der Waals surface area contributed by atoms with Crippen LogP contribution >= 0.6 is 11.6 Å². The maximum atomic E-state index is 13.7. The molecule has 2 rings (SSSR count). The van der Waals surface area contributed by atoms with E-state index in [-0.39, 0.29) is 27.8 Å². The van der Waals surface area contributed by atoms with Gasteiger partial charge in [-0.1, -0.05) is 23.7 Å². The summed E-state index contributed by atoms with van der Waals surface area (Å²) in [5.74, 6) is -0.657. The average molecular weight is 330 g/mol. The minimum atomic E-state index is -3.97. The van der Waals surface area contributed by atoms with E-state index in [0.717, 1.165) is 0 Å². The molecule has 0 aliphatic carbocycles. The Kier molecular flexibility index (Phi) is 4.51. The largest absolute Gasteiger partial charge is 0.392 e. The molecule has 4 nitrogen and oxygen atoms in total. The highest BCUT2D eigenvalue weighted by molar-refractivity contribution is 7.92. The first-order valence-corrected chi connectivity index (χ1v) is 7.88. The van der Waals surface area contributed by atoms with Crippen LogP contribution in [0.25, 0.3) is 0 Å². The highest BCUT2D eigenvalue weighted by atomic mass is 35.5. The van der Waals surface area contributed by atoms with Crippen LogP contribution in [0.15, 0.2) is 41.3 Å².